The Labute approximate surface area is 61.0 Å². The van der Waals surface area contributed by atoms with E-state index in [0.717, 1.165) is 6.67 Å². The maximum Gasteiger partial charge on any atom is 0.116 e. The lowest BCUT2D eigenvalue weighted by Crippen LogP contribution is -2.22. The molecule has 0 aromatic carbocycles. The Morgan fingerprint density at radius 1 is 1.56 bits per heavy atom. The third-order valence-corrected chi connectivity index (χ3v) is 1.12. The van der Waals surface area contributed by atoms with E-state index in [1.165, 1.54) is 0 Å². The SMILES string of the molecule is CN1C=CN(CO)C1.Cl. The highest BCUT2D eigenvalue weighted by Crippen LogP contribution is 2.00. The van der Waals surface area contributed by atoms with Gasteiger partial charge in [0.15, 0.2) is 0 Å². The molecular formula is C5H11ClN2O. The van der Waals surface area contributed by atoms with Gasteiger partial charge in [-0.25, -0.2) is 0 Å². The molecule has 9 heavy (non-hydrogen) atoms. The van der Waals surface area contributed by atoms with Crippen LogP contribution >= 0.6 is 12.4 Å². The average molecular weight is 151 g/mol. The van der Waals surface area contributed by atoms with Gasteiger partial charge in [-0.15, -0.1) is 12.4 Å². The summed E-state index contributed by atoms with van der Waals surface area (Å²) in [5.74, 6) is 0. The van der Waals surface area contributed by atoms with Crippen LogP contribution in [0.2, 0.25) is 0 Å². The summed E-state index contributed by atoms with van der Waals surface area (Å²) in [6.07, 6.45) is 3.79. The van der Waals surface area contributed by atoms with Crippen molar-refractivity contribution in [3.63, 3.8) is 0 Å². The van der Waals surface area contributed by atoms with Crippen LogP contribution in [-0.4, -0.2) is 35.4 Å². The second kappa shape index (κ2) is 3.58. The van der Waals surface area contributed by atoms with Gasteiger partial charge in [0.05, 0.1) is 6.67 Å². The van der Waals surface area contributed by atoms with E-state index in [-0.39, 0.29) is 19.1 Å². The Hall–Kier alpha value is -0.410. The van der Waals surface area contributed by atoms with E-state index in [0.29, 0.717) is 0 Å². The van der Waals surface area contributed by atoms with E-state index in [2.05, 4.69) is 0 Å². The van der Waals surface area contributed by atoms with Gasteiger partial charge >= 0.3 is 0 Å². The third-order valence-electron chi connectivity index (χ3n) is 1.12. The van der Waals surface area contributed by atoms with Gasteiger partial charge in [-0.3, -0.25) is 0 Å². The highest BCUT2D eigenvalue weighted by Gasteiger charge is 2.04. The number of hydrogen-bond acceptors (Lipinski definition) is 3. The number of nitrogens with zero attached hydrogens (tertiary/aromatic N) is 2. The Bertz CT molecular complexity index is 107. The molecule has 54 valence electrons. The fraction of sp³-hybridized carbons (Fsp3) is 0.600. The number of aliphatic hydroxyl groups excluding tert-OH is 1. The first-order valence-corrected chi connectivity index (χ1v) is 2.56. The fourth-order valence-corrected chi connectivity index (χ4v) is 0.681. The van der Waals surface area contributed by atoms with E-state index in [4.69, 9.17) is 5.11 Å². The zero-order valence-electron chi connectivity index (χ0n) is 5.32. The first-order valence-electron chi connectivity index (χ1n) is 2.56. The molecule has 0 aliphatic carbocycles. The van der Waals surface area contributed by atoms with Gasteiger partial charge in [0.25, 0.3) is 0 Å². The molecule has 1 N–H and O–H groups in total. The van der Waals surface area contributed by atoms with Gasteiger partial charge in [-0.1, -0.05) is 0 Å². The molecule has 0 amide bonds. The summed E-state index contributed by atoms with van der Waals surface area (Å²) in [7, 11) is 1.96. The number of hydrogen-bond donors (Lipinski definition) is 1. The third kappa shape index (κ3) is 2.11. The summed E-state index contributed by atoms with van der Waals surface area (Å²) in [4.78, 5) is 3.80. The van der Waals surface area contributed by atoms with Crippen molar-refractivity contribution < 1.29 is 5.11 Å². The topological polar surface area (TPSA) is 26.7 Å². The summed E-state index contributed by atoms with van der Waals surface area (Å²) < 4.78 is 0. The van der Waals surface area contributed by atoms with Crippen molar-refractivity contribution in [3.8, 4) is 0 Å². The Balaban J connectivity index is 0.000000640. The van der Waals surface area contributed by atoms with E-state index < -0.39 is 0 Å². The zero-order valence-corrected chi connectivity index (χ0v) is 6.14. The van der Waals surface area contributed by atoms with Crippen molar-refractivity contribution in [1.82, 2.24) is 9.80 Å². The van der Waals surface area contributed by atoms with Crippen molar-refractivity contribution in [2.45, 2.75) is 0 Å². The molecule has 0 saturated carbocycles. The van der Waals surface area contributed by atoms with Crippen LogP contribution in [-0.2, 0) is 0 Å². The minimum atomic E-state index is 0. The largest absolute Gasteiger partial charge is 0.376 e. The molecule has 0 atom stereocenters. The normalized spacial score (nSPS) is 16.2. The lowest BCUT2D eigenvalue weighted by atomic mass is 10.8. The predicted molar refractivity (Wildman–Crippen MR) is 37.9 cm³/mol. The van der Waals surface area contributed by atoms with Gasteiger partial charge in [-0.05, 0) is 0 Å². The minimum Gasteiger partial charge on any atom is -0.376 e. The van der Waals surface area contributed by atoms with Gasteiger partial charge in [0.2, 0.25) is 0 Å². The quantitative estimate of drug-likeness (QED) is 0.572. The van der Waals surface area contributed by atoms with Gasteiger partial charge in [-0.2, -0.15) is 0 Å². The Morgan fingerprint density at radius 3 is 2.44 bits per heavy atom. The van der Waals surface area contributed by atoms with Gasteiger partial charge < -0.3 is 14.9 Å². The number of rotatable bonds is 1. The van der Waals surface area contributed by atoms with Crippen LogP contribution in [0.25, 0.3) is 0 Å². The van der Waals surface area contributed by atoms with E-state index in [1.54, 1.807) is 4.90 Å². The molecule has 4 heteroatoms. The molecule has 0 radical (unpaired) electrons. The molecule has 0 fully saturated rings. The molecule has 0 aromatic heterocycles. The van der Waals surface area contributed by atoms with Crippen LogP contribution < -0.4 is 0 Å². The monoisotopic (exact) mass is 150 g/mol. The molecule has 0 bridgehead atoms. The second-order valence-corrected chi connectivity index (χ2v) is 1.93. The average Bonchev–Trinajstić information content (AvgIpc) is 2.14. The summed E-state index contributed by atoms with van der Waals surface area (Å²) in [5.41, 5.74) is 0. The van der Waals surface area contributed by atoms with Crippen LogP contribution in [0.15, 0.2) is 12.4 Å². The highest BCUT2D eigenvalue weighted by atomic mass is 35.5. The molecule has 0 spiro atoms. The molecule has 0 aromatic rings. The van der Waals surface area contributed by atoms with Crippen molar-refractivity contribution in [2.24, 2.45) is 0 Å². The molecule has 3 nitrogen and oxygen atoms in total. The van der Waals surface area contributed by atoms with Crippen molar-refractivity contribution >= 4 is 12.4 Å². The zero-order chi connectivity index (χ0) is 5.98. The van der Waals surface area contributed by atoms with Crippen molar-refractivity contribution in [2.75, 3.05) is 20.4 Å². The summed E-state index contributed by atoms with van der Waals surface area (Å²) in [6, 6.07) is 0. The van der Waals surface area contributed by atoms with Crippen molar-refractivity contribution in [3.05, 3.63) is 12.4 Å². The lowest BCUT2D eigenvalue weighted by Gasteiger charge is -2.13. The maximum atomic E-state index is 8.53. The predicted octanol–water partition coefficient (Wildman–Crippen LogP) is 0.0341. The molecule has 1 heterocycles. The van der Waals surface area contributed by atoms with Gasteiger partial charge in [0.1, 0.15) is 6.73 Å². The molecule has 1 rings (SSSR count). The lowest BCUT2D eigenvalue weighted by molar-refractivity contribution is 0.135. The first kappa shape index (κ1) is 8.59. The molecular weight excluding hydrogens is 140 g/mol. The smallest absolute Gasteiger partial charge is 0.116 e. The molecule has 0 saturated heterocycles. The molecule has 0 unspecified atom stereocenters. The first-order chi connectivity index (χ1) is 3.83. The Morgan fingerprint density at radius 2 is 2.22 bits per heavy atom. The minimum absolute atomic E-state index is 0. The van der Waals surface area contributed by atoms with Crippen molar-refractivity contribution in [1.29, 1.82) is 0 Å². The van der Waals surface area contributed by atoms with E-state index in [1.807, 2.05) is 24.3 Å². The molecule has 1 aliphatic rings. The summed E-state index contributed by atoms with van der Waals surface area (Å²) in [5, 5.41) is 8.53. The summed E-state index contributed by atoms with van der Waals surface area (Å²) in [6.45, 7) is 0.914. The van der Waals surface area contributed by atoms with Gasteiger partial charge in [0, 0.05) is 19.4 Å². The molecule has 1 aliphatic heterocycles. The second-order valence-electron chi connectivity index (χ2n) is 1.93. The van der Waals surface area contributed by atoms with Crippen LogP contribution in [0.1, 0.15) is 0 Å². The van der Waals surface area contributed by atoms with Crippen LogP contribution in [0.3, 0.4) is 0 Å². The van der Waals surface area contributed by atoms with E-state index in [9.17, 15) is 0 Å². The maximum absolute atomic E-state index is 8.53. The number of halogens is 1. The number of aliphatic hydroxyl groups is 1. The van der Waals surface area contributed by atoms with E-state index >= 15 is 0 Å². The highest BCUT2D eigenvalue weighted by molar-refractivity contribution is 5.85. The Kier molecular flexibility index (Phi) is 3.42. The fourth-order valence-electron chi connectivity index (χ4n) is 0.681. The van der Waals surface area contributed by atoms with Crippen LogP contribution in [0.4, 0.5) is 0 Å². The summed E-state index contributed by atoms with van der Waals surface area (Å²) >= 11 is 0. The van der Waals surface area contributed by atoms with Crippen LogP contribution in [0.5, 0.6) is 0 Å². The standard InChI is InChI=1S/C5H10N2O.ClH/c1-6-2-3-7(4-6)5-8;/h2-3,8H,4-5H2,1H3;1H. The van der Waals surface area contributed by atoms with Crippen LogP contribution in [0, 0.1) is 0 Å².